The molecule has 1 aromatic carbocycles. The van der Waals surface area contributed by atoms with Crippen molar-refractivity contribution in [1.82, 2.24) is 20.7 Å². The van der Waals surface area contributed by atoms with Crippen molar-refractivity contribution >= 4 is 23.3 Å². The summed E-state index contributed by atoms with van der Waals surface area (Å²) in [5.41, 5.74) is 7.74. The van der Waals surface area contributed by atoms with E-state index in [1.165, 1.54) is 13.2 Å². The summed E-state index contributed by atoms with van der Waals surface area (Å²) in [4.78, 5) is 35.4. The summed E-state index contributed by atoms with van der Waals surface area (Å²) in [7, 11) is 1.25. The van der Waals surface area contributed by atoms with Gasteiger partial charge in [0.2, 0.25) is 5.91 Å². The zero-order valence-corrected chi connectivity index (χ0v) is 19.8. The number of ether oxygens (including phenoxy) is 1. The molecule has 34 heavy (non-hydrogen) atoms. The number of carbonyl (C=O) groups is 2. The van der Waals surface area contributed by atoms with Crippen molar-refractivity contribution in [1.29, 1.82) is 0 Å². The first kappa shape index (κ1) is 23.9. The monoisotopic (exact) mass is 470 g/mol. The average molecular weight is 471 g/mol. The lowest BCUT2D eigenvalue weighted by molar-refractivity contribution is -0.124. The highest BCUT2D eigenvalue weighted by atomic mass is 19.1. The van der Waals surface area contributed by atoms with Gasteiger partial charge < -0.3 is 20.4 Å². The Labute approximate surface area is 198 Å². The second-order valence-electron chi connectivity index (χ2n) is 9.01. The van der Waals surface area contributed by atoms with Crippen molar-refractivity contribution < 1.29 is 18.7 Å². The Hall–Kier alpha value is -3.27. The number of anilines is 2. The van der Waals surface area contributed by atoms with Gasteiger partial charge in [0.15, 0.2) is 0 Å². The lowest BCUT2D eigenvalue weighted by Gasteiger charge is -2.34. The van der Waals surface area contributed by atoms with Gasteiger partial charge in [0, 0.05) is 19.6 Å². The van der Waals surface area contributed by atoms with E-state index in [2.05, 4.69) is 26.1 Å². The molecule has 3 N–H and O–H groups in total. The van der Waals surface area contributed by atoms with Crippen LogP contribution in [0.3, 0.4) is 0 Å². The molecule has 1 aromatic heterocycles. The summed E-state index contributed by atoms with van der Waals surface area (Å²) in [6.07, 6.45) is 4.88. The SMILES string of the molecule is COC(=O)c1c(F)cccc1N1CCC(CNC(=O)C2(NNc3cnc(C)nc3C)CC2)CC1. The minimum atomic E-state index is -0.675. The molecule has 1 aliphatic heterocycles. The summed E-state index contributed by atoms with van der Waals surface area (Å²) in [6, 6.07) is 4.61. The van der Waals surface area contributed by atoms with Crippen LogP contribution in [0.4, 0.5) is 15.8 Å². The normalized spacial score (nSPS) is 17.2. The number of benzene rings is 1. The van der Waals surface area contributed by atoms with Crippen LogP contribution in [0.5, 0.6) is 0 Å². The second-order valence-corrected chi connectivity index (χ2v) is 9.01. The molecule has 10 heteroatoms. The number of hydrazine groups is 1. The van der Waals surface area contributed by atoms with Gasteiger partial charge in [0.1, 0.15) is 22.7 Å². The molecule has 1 aliphatic carbocycles. The summed E-state index contributed by atoms with van der Waals surface area (Å²) in [5, 5.41) is 3.09. The fourth-order valence-corrected chi connectivity index (χ4v) is 4.29. The van der Waals surface area contributed by atoms with Crippen molar-refractivity contribution in [3.8, 4) is 0 Å². The Morgan fingerprint density at radius 3 is 2.62 bits per heavy atom. The van der Waals surface area contributed by atoms with E-state index in [1.807, 2.05) is 18.7 Å². The number of aromatic nitrogens is 2. The molecule has 1 saturated heterocycles. The third kappa shape index (κ3) is 5.11. The average Bonchev–Trinajstić information content (AvgIpc) is 3.63. The third-order valence-electron chi connectivity index (χ3n) is 6.61. The fourth-order valence-electron chi connectivity index (χ4n) is 4.29. The van der Waals surface area contributed by atoms with E-state index in [4.69, 9.17) is 4.74 Å². The highest BCUT2D eigenvalue weighted by Crippen LogP contribution is 2.36. The number of halogens is 1. The topological polar surface area (TPSA) is 108 Å². The van der Waals surface area contributed by atoms with E-state index in [1.54, 1.807) is 18.3 Å². The lowest BCUT2D eigenvalue weighted by atomic mass is 9.95. The number of piperidine rings is 1. The maximum Gasteiger partial charge on any atom is 0.342 e. The van der Waals surface area contributed by atoms with Crippen molar-refractivity contribution in [2.24, 2.45) is 5.92 Å². The molecule has 2 heterocycles. The first-order valence-corrected chi connectivity index (χ1v) is 11.6. The number of hydrogen-bond donors (Lipinski definition) is 3. The fraction of sp³-hybridized carbons (Fsp3) is 0.500. The molecule has 0 atom stereocenters. The zero-order chi connectivity index (χ0) is 24.3. The number of amides is 1. The molecule has 182 valence electrons. The molecule has 2 aliphatic rings. The Morgan fingerprint density at radius 1 is 1.24 bits per heavy atom. The molecular weight excluding hydrogens is 439 g/mol. The van der Waals surface area contributed by atoms with Gasteiger partial charge in [0.25, 0.3) is 0 Å². The van der Waals surface area contributed by atoms with Crippen molar-refractivity contribution in [2.45, 2.75) is 45.1 Å². The van der Waals surface area contributed by atoms with E-state index in [0.29, 0.717) is 37.1 Å². The van der Waals surface area contributed by atoms with Gasteiger partial charge in [-0.05, 0) is 57.6 Å². The van der Waals surface area contributed by atoms with Gasteiger partial charge in [0.05, 0.1) is 30.4 Å². The van der Waals surface area contributed by atoms with E-state index in [0.717, 1.165) is 37.1 Å². The smallest absolute Gasteiger partial charge is 0.342 e. The largest absolute Gasteiger partial charge is 0.465 e. The summed E-state index contributed by atoms with van der Waals surface area (Å²) in [6.45, 7) is 5.65. The molecule has 0 unspecified atom stereocenters. The predicted octanol–water partition coefficient (Wildman–Crippen LogP) is 2.50. The Morgan fingerprint density at radius 2 is 1.97 bits per heavy atom. The number of esters is 1. The van der Waals surface area contributed by atoms with Crippen LogP contribution < -0.4 is 21.1 Å². The number of nitrogens with one attached hydrogen (secondary N) is 3. The van der Waals surface area contributed by atoms with Crippen molar-refractivity contribution in [2.75, 3.05) is 37.1 Å². The van der Waals surface area contributed by atoms with Crippen LogP contribution in [0.15, 0.2) is 24.4 Å². The maximum absolute atomic E-state index is 14.3. The molecule has 1 amide bonds. The molecule has 4 rings (SSSR count). The Bertz CT molecular complexity index is 1070. The van der Waals surface area contributed by atoms with E-state index < -0.39 is 17.3 Å². The molecule has 0 bridgehead atoms. The highest BCUT2D eigenvalue weighted by molar-refractivity contribution is 5.96. The van der Waals surface area contributed by atoms with Crippen molar-refractivity contribution in [3.63, 3.8) is 0 Å². The van der Waals surface area contributed by atoms with Crippen LogP contribution in [0, 0.1) is 25.6 Å². The van der Waals surface area contributed by atoms with E-state index in [9.17, 15) is 14.0 Å². The summed E-state index contributed by atoms with van der Waals surface area (Å²) >= 11 is 0. The van der Waals surface area contributed by atoms with Gasteiger partial charge in [-0.1, -0.05) is 6.07 Å². The number of rotatable bonds is 8. The molecule has 0 spiro atoms. The quantitative estimate of drug-likeness (QED) is 0.399. The third-order valence-corrected chi connectivity index (χ3v) is 6.61. The molecule has 9 nitrogen and oxygen atoms in total. The van der Waals surface area contributed by atoms with E-state index in [-0.39, 0.29) is 11.5 Å². The highest BCUT2D eigenvalue weighted by Gasteiger charge is 2.50. The first-order chi connectivity index (χ1) is 16.3. The lowest BCUT2D eigenvalue weighted by Crippen LogP contribution is -2.50. The maximum atomic E-state index is 14.3. The van der Waals surface area contributed by atoms with Crippen LogP contribution in [-0.2, 0) is 9.53 Å². The number of nitrogens with zero attached hydrogens (tertiary/aromatic N) is 3. The zero-order valence-electron chi connectivity index (χ0n) is 19.8. The van der Waals surface area contributed by atoms with Gasteiger partial charge >= 0.3 is 5.97 Å². The molecule has 1 saturated carbocycles. The molecule has 2 aromatic rings. The number of carbonyl (C=O) groups excluding carboxylic acids is 2. The van der Waals surface area contributed by atoms with Crippen LogP contribution in [-0.4, -0.2) is 54.1 Å². The Balaban J connectivity index is 1.27. The second kappa shape index (κ2) is 9.92. The summed E-state index contributed by atoms with van der Waals surface area (Å²) < 4.78 is 19.0. The minimum absolute atomic E-state index is 0.0220. The predicted molar refractivity (Wildman–Crippen MR) is 126 cm³/mol. The van der Waals surface area contributed by atoms with Gasteiger partial charge in [-0.2, -0.15) is 0 Å². The number of hydrogen-bond acceptors (Lipinski definition) is 8. The molecular formula is C24H31FN6O3. The number of aryl methyl sites for hydroxylation is 2. The number of methoxy groups -OCH3 is 1. The first-order valence-electron chi connectivity index (χ1n) is 11.6. The van der Waals surface area contributed by atoms with Crippen LogP contribution in [0.1, 0.15) is 47.6 Å². The summed E-state index contributed by atoms with van der Waals surface area (Å²) in [5.74, 6) is -0.266. The van der Waals surface area contributed by atoms with Crippen LogP contribution in [0.25, 0.3) is 0 Å². The van der Waals surface area contributed by atoms with Gasteiger partial charge in [-0.25, -0.2) is 24.6 Å². The van der Waals surface area contributed by atoms with Gasteiger partial charge in [-0.15, -0.1) is 0 Å². The van der Waals surface area contributed by atoms with Crippen LogP contribution in [0.2, 0.25) is 0 Å². The minimum Gasteiger partial charge on any atom is -0.465 e. The molecule has 0 radical (unpaired) electrons. The van der Waals surface area contributed by atoms with Gasteiger partial charge in [-0.3, -0.25) is 4.79 Å². The van der Waals surface area contributed by atoms with E-state index >= 15 is 0 Å². The Kier molecular flexibility index (Phi) is 6.97. The van der Waals surface area contributed by atoms with Crippen molar-refractivity contribution in [3.05, 3.63) is 47.3 Å². The van der Waals surface area contributed by atoms with Crippen LogP contribution >= 0.6 is 0 Å². The standard InChI is InChI=1S/C24H31FN6O3/c1-15-19(14-26-16(2)28-15)29-30-24(9-10-24)23(33)27-13-17-7-11-31(12-8-17)20-6-4-5-18(25)21(20)22(32)34-3/h4-6,14,17,29-30H,7-13H2,1-3H3,(H,27,33). The molecule has 2 fully saturated rings.